The van der Waals surface area contributed by atoms with E-state index in [0.717, 1.165) is 16.9 Å². The number of fused-ring (bicyclic) bond motifs is 1. The molecule has 29 heavy (non-hydrogen) atoms. The molecule has 0 aliphatic heterocycles. The fourth-order valence-corrected chi connectivity index (χ4v) is 3.46. The molecule has 6 nitrogen and oxygen atoms in total. The largest absolute Gasteiger partial charge is 0.491 e. The van der Waals surface area contributed by atoms with Gasteiger partial charge in [-0.25, -0.2) is 9.78 Å². The average molecular weight is 413 g/mol. The number of carbonyl (C=O) groups excluding carboxylic acids is 2. The van der Waals surface area contributed by atoms with E-state index in [0.29, 0.717) is 21.8 Å². The highest BCUT2D eigenvalue weighted by molar-refractivity contribution is 7.22. The van der Waals surface area contributed by atoms with Crippen molar-refractivity contribution in [3.05, 3.63) is 53.6 Å². The van der Waals surface area contributed by atoms with Crippen LogP contribution in [0.2, 0.25) is 0 Å². The Morgan fingerprint density at radius 1 is 1.07 bits per heavy atom. The number of nitrogens with one attached hydrogen (secondary N) is 1. The Bertz CT molecular complexity index is 1010. The second kappa shape index (κ2) is 9.05. The number of benzene rings is 2. The van der Waals surface area contributed by atoms with Crippen LogP contribution in [0.5, 0.6) is 5.75 Å². The predicted molar refractivity (Wildman–Crippen MR) is 115 cm³/mol. The summed E-state index contributed by atoms with van der Waals surface area (Å²) in [5, 5.41) is 3.28. The summed E-state index contributed by atoms with van der Waals surface area (Å²) < 4.78 is 11.8. The molecule has 3 aromatic rings. The topological polar surface area (TPSA) is 77.5 Å². The summed E-state index contributed by atoms with van der Waals surface area (Å²) in [6, 6.07) is 12.2. The first-order chi connectivity index (χ1) is 13.9. The summed E-state index contributed by atoms with van der Waals surface area (Å²) in [6.07, 6.45) is 0.855. The van der Waals surface area contributed by atoms with Gasteiger partial charge in [0.05, 0.1) is 28.0 Å². The van der Waals surface area contributed by atoms with Gasteiger partial charge in [0.1, 0.15) is 5.75 Å². The number of hydrogen-bond donors (Lipinski definition) is 1. The summed E-state index contributed by atoms with van der Waals surface area (Å²) in [5.41, 5.74) is 1.69. The van der Waals surface area contributed by atoms with Gasteiger partial charge in [0, 0.05) is 5.56 Å². The molecule has 0 bridgehead atoms. The number of carbonyl (C=O) groups is 2. The number of nitrogens with zero attached hydrogens (tertiary/aromatic N) is 1. The maximum absolute atomic E-state index is 12.5. The number of esters is 1. The highest BCUT2D eigenvalue weighted by Crippen LogP contribution is 2.28. The average Bonchev–Trinajstić information content (AvgIpc) is 3.09. The van der Waals surface area contributed by atoms with Crippen LogP contribution in [0.1, 0.15) is 54.8 Å². The third-order valence-corrected chi connectivity index (χ3v) is 5.15. The summed E-state index contributed by atoms with van der Waals surface area (Å²) in [7, 11) is 0. The zero-order valence-corrected chi connectivity index (χ0v) is 17.7. The zero-order valence-electron chi connectivity index (χ0n) is 16.9. The van der Waals surface area contributed by atoms with Crippen LogP contribution >= 0.6 is 11.3 Å². The summed E-state index contributed by atoms with van der Waals surface area (Å²) in [5.74, 6) is 0.107. The second-order valence-electron chi connectivity index (χ2n) is 6.97. The number of anilines is 1. The van der Waals surface area contributed by atoms with Crippen LogP contribution in [-0.2, 0) is 4.74 Å². The van der Waals surface area contributed by atoms with Crippen LogP contribution in [0, 0.1) is 0 Å². The van der Waals surface area contributed by atoms with E-state index in [2.05, 4.69) is 17.2 Å². The van der Waals surface area contributed by atoms with E-state index in [4.69, 9.17) is 9.47 Å². The lowest BCUT2D eigenvalue weighted by Gasteiger charge is -2.12. The summed E-state index contributed by atoms with van der Waals surface area (Å²) in [4.78, 5) is 29.0. The third kappa shape index (κ3) is 5.32. The molecular weight excluding hydrogens is 388 g/mol. The van der Waals surface area contributed by atoms with Crippen LogP contribution in [0.4, 0.5) is 5.13 Å². The van der Waals surface area contributed by atoms with Gasteiger partial charge in [-0.1, -0.05) is 18.3 Å². The molecule has 7 heteroatoms. The minimum Gasteiger partial charge on any atom is -0.491 e. The lowest BCUT2D eigenvalue weighted by atomic mass is 10.2. The van der Waals surface area contributed by atoms with E-state index in [1.165, 1.54) is 11.3 Å². The van der Waals surface area contributed by atoms with E-state index < -0.39 is 0 Å². The quantitative estimate of drug-likeness (QED) is 0.534. The molecule has 0 aliphatic rings. The van der Waals surface area contributed by atoms with Gasteiger partial charge in [-0.2, -0.15) is 0 Å². The normalized spacial score (nSPS) is 12.0. The molecule has 1 atom stereocenters. The van der Waals surface area contributed by atoms with Crippen molar-refractivity contribution in [1.82, 2.24) is 4.98 Å². The van der Waals surface area contributed by atoms with E-state index in [1.54, 1.807) is 56.3 Å². The van der Waals surface area contributed by atoms with Gasteiger partial charge in [-0.15, -0.1) is 0 Å². The molecule has 0 spiro atoms. The number of hydrogen-bond acceptors (Lipinski definition) is 6. The monoisotopic (exact) mass is 412 g/mol. The lowest BCUT2D eigenvalue weighted by Crippen LogP contribution is -2.12. The van der Waals surface area contributed by atoms with Crippen molar-refractivity contribution in [3.63, 3.8) is 0 Å². The Labute approximate surface area is 173 Å². The van der Waals surface area contributed by atoms with Crippen LogP contribution in [-0.4, -0.2) is 29.1 Å². The van der Waals surface area contributed by atoms with Crippen molar-refractivity contribution < 1.29 is 19.1 Å². The van der Waals surface area contributed by atoms with Gasteiger partial charge in [-0.05, 0) is 69.7 Å². The van der Waals surface area contributed by atoms with Gasteiger partial charge in [0.15, 0.2) is 5.13 Å². The van der Waals surface area contributed by atoms with Crippen molar-refractivity contribution in [2.24, 2.45) is 0 Å². The molecule has 0 unspecified atom stereocenters. The Balaban J connectivity index is 1.71. The molecule has 0 saturated carbocycles. The number of aromatic nitrogens is 1. The van der Waals surface area contributed by atoms with Gasteiger partial charge in [-0.3, -0.25) is 10.1 Å². The molecule has 0 aliphatic carbocycles. The first-order valence-corrected chi connectivity index (χ1v) is 10.4. The lowest BCUT2D eigenvalue weighted by molar-refractivity contribution is 0.0378. The van der Waals surface area contributed by atoms with Crippen molar-refractivity contribution in [2.75, 3.05) is 5.32 Å². The molecule has 1 aromatic heterocycles. The highest BCUT2D eigenvalue weighted by Gasteiger charge is 2.14. The van der Waals surface area contributed by atoms with Crippen molar-refractivity contribution in [1.29, 1.82) is 0 Å². The molecule has 0 radical (unpaired) electrons. The first kappa shape index (κ1) is 20.8. The van der Waals surface area contributed by atoms with Crippen LogP contribution < -0.4 is 10.1 Å². The molecule has 152 valence electrons. The molecular formula is C22H24N2O4S. The van der Waals surface area contributed by atoms with Crippen LogP contribution in [0.3, 0.4) is 0 Å². The minimum absolute atomic E-state index is 0.125. The van der Waals surface area contributed by atoms with E-state index in [9.17, 15) is 9.59 Å². The number of thiazole rings is 1. The van der Waals surface area contributed by atoms with E-state index >= 15 is 0 Å². The molecule has 0 fully saturated rings. The Morgan fingerprint density at radius 2 is 1.76 bits per heavy atom. The van der Waals surface area contributed by atoms with Gasteiger partial charge < -0.3 is 9.47 Å². The van der Waals surface area contributed by atoms with Crippen LogP contribution in [0.25, 0.3) is 10.2 Å². The fourth-order valence-electron chi connectivity index (χ4n) is 2.56. The maximum atomic E-state index is 12.5. The van der Waals surface area contributed by atoms with Gasteiger partial charge in [0.25, 0.3) is 5.91 Å². The molecule has 1 N–H and O–H groups in total. The standard InChI is InChI=1S/C22H24N2O4S/c1-5-14(4)28-17-9-6-15(7-10-17)20(25)24-22-23-18-11-8-16(12-19(18)29-22)21(26)27-13(2)3/h6-14H,5H2,1-4H3,(H,23,24,25)/t14-/m0/s1. The van der Waals surface area contributed by atoms with Crippen molar-refractivity contribution in [3.8, 4) is 5.75 Å². The smallest absolute Gasteiger partial charge is 0.338 e. The molecule has 0 saturated heterocycles. The second-order valence-corrected chi connectivity index (χ2v) is 8.00. The highest BCUT2D eigenvalue weighted by atomic mass is 32.1. The minimum atomic E-state index is -0.374. The maximum Gasteiger partial charge on any atom is 0.338 e. The molecule has 1 amide bonds. The SMILES string of the molecule is CC[C@H](C)Oc1ccc(C(=O)Nc2nc3ccc(C(=O)OC(C)C)cc3s2)cc1. The van der Waals surface area contributed by atoms with Crippen molar-refractivity contribution >= 4 is 38.6 Å². The number of ether oxygens (including phenoxy) is 2. The molecule has 1 heterocycles. The van der Waals surface area contributed by atoms with Gasteiger partial charge in [0.2, 0.25) is 0 Å². The van der Waals surface area contributed by atoms with E-state index in [1.807, 2.05) is 6.92 Å². The molecule has 2 aromatic carbocycles. The van der Waals surface area contributed by atoms with Gasteiger partial charge >= 0.3 is 5.97 Å². The van der Waals surface area contributed by atoms with Crippen LogP contribution in [0.15, 0.2) is 42.5 Å². The Kier molecular flexibility index (Phi) is 6.49. The predicted octanol–water partition coefficient (Wildman–Crippen LogP) is 5.29. The Hall–Kier alpha value is -2.93. The first-order valence-electron chi connectivity index (χ1n) is 9.55. The molecule has 3 rings (SSSR count). The fraction of sp³-hybridized carbons (Fsp3) is 0.318. The summed E-state index contributed by atoms with van der Waals surface area (Å²) >= 11 is 1.31. The number of amides is 1. The van der Waals surface area contributed by atoms with E-state index in [-0.39, 0.29) is 24.1 Å². The third-order valence-electron chi connectivity index (χ3n) is 4.22. The number of rotatable bonds is 7. The Morgan fingerprint density at radius 3 is 2.41 bits per heavy atom. The zero-order chi connectivity index (χ0) is 21.0. The summed E-state index contributed by atoms with van der Waals surface area (Å²) in [6.45, 7) is 7.67. The van der Waals surface area contributed by atoms with Crippen molar-refractivity contribution in [2.45, 2.75) is 46.3 Å².